The predicted octanol–water partition coefficient (Wildman–Crippen LogP) is 5.65. The summed E-state index contributed by atoms with van der Waals surface area (Å²) in [5.41, 5.74) is 11.7. The molecule has 0 bridgehead atoms. The van der Waals surface area contributed by atoms with Crippen LogP contribution in [0.2, 0.25) is 0 Å². The highest BCUT2D eigenvalue weighted by molar-refractivity contribution is 5.84. The number of ether oxygens (including phenoxy) is 1. The lowest BCUT2D eigenvalue weighted by Gasteiger charge is -2.32. The molecule has 212 valence electrons. The molecule has 38 heavy (non-hydrogen) atoms. The van der Waals surface area contributed by atoms with E-state index in [2.05, 4.69) is 27.2 Å². The molecule has 0 unspecified atom stereocenters. The van der Waals surface area contributed by atoms with E-state index in [4.69, 9.17) is 25.4 Å². The number of fused-ring (bicyclic) bond motifs is 1. The number of piperidine rings is 1. The Morgan fingerprint density at radius 3 is 2.47 bits per heavy atom. The van der Waals surface area contributed by atoms with E-state index in [0.29, 0.717) is 18.1 Å². The summed E-state index contributed by atoms with van der Waals surface area (Å²) in [5.74, 6) is 2.40. The monoisotopic (exact) mass is 526 g/mol. The first-order chi connectivity index (χ1) is 18.7. The number of nitrogens with one attached hydrogen (secondary N) is 2. The van der Waals surface area contributed by atoms with Crippen LogP contribution in [0.5, 0.6) is 0 Å². The summed E-state index contributed by atoms with van der Waals surface area (Å²) in [7, 11) is 0. The molecule has 3 aliphatic rings. The maximum Gasteiger partial charge on any atom is 0.227 e. The lowest BCUT2D eigenvalue weighted by atomic mass is 9.92. The molecule has 2 saturated carbocycles. The summed E-state index contributed by atoms with van der Waals surface area (Å²) in [6.07, 6.45) is 20.3. The van der Waals surface area contributed by atoms with Gasteiger partial charge in [0.05, 0.1) is 6.33 Å². The second-order valence-corrected chi connectivity index (χ2v) is 11.9. The minimum Gasteiger partial charge on any atom is -0.382 e. The second kappa shape index (κ2) is 13.9. The summed E-state index contributed by atoms with van der Waals surface area (Å²) in [4.78, 5) is 14.8. The van der Waals surface area contributed by atoms with Gasteiger partial charge >= 0.3 is 0 Å². The Morgan fingerprint density at radius 1 is 0.947 bits per heavy atom. The van der Waals surface area contributed by atoms with Gasteiger partial charge in [0, 0.05) is 44.4 Å². The average molecular weight is 527 g/mol. The quantitative estimate of drug-likeness (QED) is 0.288. The Morgan fingerprint density at radius 2 is 1.71 bits per heavy atom. The third-order valence-electron chi connectivity index (χ3n) is 8.98. The summed E-state index contributed by atoms with van der Waals surface area (Å²) in [6.45, 7) is 5.92. The van der Waals surface area contributed by atoms with E-state index < -0.39 is 0 Å². The summed E-state index contributed by atoms with van der Waals surface area (Å²) in [6, 6.07) is 1.22. The number of unbranched alkanes of at least 4 members (excludes halogenated alkanes) is 3. The van der Waals surface area contributed by atoms with Gasteiger partial charge in [0.2, 0.25) is 5.95 Å². The zero-order valence-electron chi connectivity index (χ0n) is 23.5. The first-order valence-corrected chi connectivity index (χ1v) is 15.6. The Bertz CT molecular complexity index is 974. The van der Waals surface area contributed by atoms with E-state index in [1.165, 1.54) is 70.6 Å². The highest BCUT2D eigenvalue weighted by Gasteiger charge is 2.25. The molecule has 0 radical (unpaired) electrons. The number of hydrogen-bond donors (Lipinski definition) is 3. The summed E-state index contributed by atoms with van der Waals surface area (Å²) in [5, 5.41) is 5.99. The van der Waals surface area contributed by atoms with Gasteiger partial charge in [-0.05, 0) is 70.6 Å². The fraction of sp³-hybridized carbons (Fsp3) is 0.828. The van der Waals surface area contributed by atoms with Crippen molar-refractivity contribution in [2.24, 2.45) is 11.7 Å². The van der Waals surface area contributed by atoms with Crippen molar-refractivity contribution in [2.75, 3.05) is 37.0 Å². The number of anilines is 2. The molecule has 0 atom stereocenters. The number of nitrogens with two attached hydrogens (primary N) is 1. The van der Waals surface area contributed by atoms with Gasteiger partial charge in [-0.25, -0.2) is 9.99 Å². The first kappa shape index (κ1) is 27.6. The number of hydrogen-bond acceptors (Lipinski definition) is 8. The van der Waals surface area contributed by atoms with Crippen molar-refractivity contribution in [2.45, 2.75) is 121 Å². The zero-order chi connectivity index (χ0) is 26.2. The van der Waals surface area contributed by atoms with Crippen LogP contribution in [0.4, 0.5) is 11.8 Å². The molecule has 0 amide bonds. The molecule has 3 heterocycles. The van der Waals surface area contributed by atoms with Crippen molar-refractivity contribution in [1.82, 2.24) is 24.5 Å². The average Bonchev–Trinajstić information content (AvgIpc) is 3.61. The molecular weight excluding hydrogens is 476 g/mol. The van der Waals surface area contributed by atoms with Crippen LogP contribution in [-0.2, 0) is 4.74 Å². The van der Waals surface area contributed by atoms with Gasteiger partial charge in [-0.1, -0.05) is 38.5 Å². The van der Waals surface area contributed by atoms with Crippen molar-refractivity contribution in [3.05, 3.63) is 6.33 Å². The molecular formula is C29H50N8O. The number of nitrogens with zero attached hydrogens (tertiary/aromatic N) is 5. The van der Waals surface area contributed by atoms with Gasteiger partial charge in [-0.15, -0.1) is 0 Å². The number of imidazole rings is 1. The lowest BCUT2D eigenvalue weighted by Crippen LogP contribution is -2.38. The molecule has 0 spiro atoms. The van der Waals surface area contributed by atoms with Gasteiger partial charge in [-0.3, -0.25) is 0 Å². The van der Waals surface area contributed by atoms with E-state index in [0.717, 1.165) is 80.8 Å². The SMILES string of the molecule is CCOCCCCCCC1CCN(Nc2nc(N[C@H]3CC[C@H](N)CC3)nc3c2ncn3C2CCCC2)CC1. The minimum absolute atomic E-state index is 0.334. The van der Waals surface area contributed by atoms with Crippen molar-refractivity contribution in [3.8, 4) is 0 Å². The van der Waals surface area contributed by atoms with Crippen LogP contribution < -0.4 is 16.5 Å². The van der Waals surface area contributed by atoms with E-state index in [9.17, 15) is 0 Å². The summed E-state index contributed by atoms with van der Waals surface area (Å²) < 4.78 is 7.76. The molecule has 9 heteroatoms. The van der Waals surface area contributed by atoms with E-state index in [1.54, 1.807) is 0 Å². The van der Waals surface area contributed by atoms with Crippen molar-refractivity contribution >= 4 is 22.9 Å². The Labute approximate surface area is 228 Å². The molecule has 9 nitrogen and oxygen atoms in total. The van der Waals surface area contributed by atoms with E-state index in [1.807, 2.05) is 6.33 Å². The fourth-order valence-corrected chi connectivity index (χ4v) is 6.57. The topological polar surface area (TPSA) is 106 Å². The van der Waals surface area contributed by atoms with E-state index >= 15 is 0 Å². The molecule has 3 fully saturated rings. The molecule has 2 aromatic rings. The number of aromatic nitrogens is 4. The fourth-order valence-electron chi connectivity index (χ4n) is 6.57. The minimum atomic E-state index is 0.334. The smallest absolute Gasteiger partial charge is 0.227 e. The predicted molar refractivity (Wildman–Crippen MR) is 154 cm³/mol. The summed E-state index contributed by atoms with van der Waals surface area (Å²) >= 11 is 0. The van der Waals surface area contributed by atoms with Gasteiger partial charge in [0.1, 0.15) is 0 Å². The molecule has 0 aromatic carbocycles. The Hall–Kier alpha value is -1.97. The van der Waals surface area contributed by atoms with Crippen molar-refractivity contribution in [1.29, 1.82) is 0 Å². The first-order valence-electron chi connectivity index (χ1n) is 15.6. The highest BCUT2D eigenvalue weighted by Crippen LogP contribution is 2.34. The van der Waals surface area contributed by atoms with Crippen LogP contribution in [-0.4, -0.2) is 62.9 Å². The molecule has 2 aromatic heterocycles. The maximum absolute atomic E-state index is 6.14. The molecule has 4 N–H and O–H groups in total. The number of rotatable bonds is 13. The molecule has 5 rings (SSSR count). The zero-order valence-corrected chi connectivity index (χ0v) is 23.5. The largest absolute Gasteiger partial charge is 0.382 e. The highest BCUT2D eigenvalue weighted by atomic mass is 16.5. The van der Waals surface area contributed by atoms with E-state index in [-0.39, 0.29) is 0 Å². The van der Waals surface area contributed by atoms with Gasteiger partial charge in [0.25, 0.3) is 0 Å². The van der Waals surface area contributed by atoms with Crippen LogP contribution in [0.25, 0.3) is 11.2 Å². The van der Waals surface area contributed by atoms with Gasteiger partial charge in [0.15, 0.2) is 17.0 Å². The van der Waals surface area contributed by atoms with Crippen LogP contribution >= 0.6 is 0 Å². The van der Waals surface area contributed by atoms with Crippen LogP contribution in [0, 0.1) is 5.92 Å². The third kappa shape index (κ3) is 7.36. The van der Waals surface area contributed by atoms with Crippen LogP contribution in [0.3, 0.4) is 0 Å². The number of hydrazine groups is 1. The van der Waals surface area contributed by atoms with Gasteiger partial charge in [-0.2, -0.15) is 9.97 Å². The van der Waals surface area contributed by atoms with Crippen LogP contribution in [0.15, 0.2) is 6.33 Å². The second-order valence-electron chi connectivity index (χ2n) is 11.9. The third-order valence-corrected chi connectivity index (χ3v) is 8.98. The lowest BCUT2D eigenvalue weighted by molar-refractivity contribution is 0.142. The Balaban J connectivity index is 1.19. The normalized spacial score (nSPS) is 23.8. The Kier molecular flexibility index (Phi) is 10.1. The maximum atomic E-state index is 6.14. The standard InChI is InChI=1S/C29H50N8O/c1-2-38-20-8-4-3-5-9-22-16-18-36(19-17-22)35-27-26-28(37(21-31-26)25-10-6-7-11-25)34-29(33-27)32-24-14-12-23(30)13-15-24/h21-25H,2-20,30H2,1H3,(H2,32,33,34,35)/t23-,24-. The molecule has 2 aliphatic carbocycles. The molecule has 1 saturated heterocycles. The van der Waals surface area contributed by atoms with Gasteiger partial charge < -0.3 is 25.8 Å². The molecule has 1 aliphatic heterocycles. The van der Waals surface area contributed by atoms with Crippen LogP contribution in [0.1, 0.15) is 109 Å². The van der Waals surface area contributed by atoms with Crippen molar-refractivity contribution < 1.29 is 4.74 Å². The van der Waals surface area contributed by atoms with Crippen molar-refractivity contribution in [3.63, 3.8) is 0 Å².